The molecule has 5 atom stereocenters. The lowest BCUT2D eigenvalue weighted by atomic mass is 9.75. The third kappa shape index (κ3) is 5.91. The molecule has 0 aromatic heterocycles. The van der Waals surface area contributed by atoms with Crippen LogP contribution in [0.1, 0.15) is 51.3 Å². The molecule has 2 heterocycles. The van der Waals surface area contributed by atoms with E-state index in [9.17, 15) is 19.2 Å². The van der Waals surface area contributed by atoms with E-state index in [4.69, 9.17) is 18.9 Å². The minimum Gasteiger partial charge on any atom is -0.466 e. The van der Waals surface area contributed by atoms with E-state index in [0.29, 0.717) is 13.1 Å². The van der Waals surface area contributed by atoms with Gasteiger partial charge in [0, 0.05) is 13.1 Å². The van der Waals surface area contributed by atoms with Crippen LogP contribution in [-0.4, -0.2) is 78.4 Å². The first-order chi connectivity index (χ1) is 20.3. The lowest BCUT2D eigenvalue weighted by molar-refractivity contribution is -0.175. The molecule has 0 aliphatic carbocycles. The molecule has 0 radical (unpaired) electrons. The number of benzene rings is 2. The lowest BCUT2D eigenvalue weighted by Gasteiger charge is -2.41. The molecule has 2 aliphatic rings. The highest BCUT2D eigenvalue weighted by Gasteiger charge is 2.74. The molecule has 2 saturated heterocycles. The number of fused-ring (bicyclic) bond motifs is 1. The van der Waals surface area contributed by atoms with Crippen LogP contribution in [0.25, 0.3) is 0 Å². The van der Waals surface area contributed by atoms with Crippen molar-refractivity contribution >= 4 is 23.9 Å². The zero-order chi connectivity index (χ0) is 30.3. The molecule has 0 bridgehead atoms. The summed E-state index contributed by atoms with van der Waals surface area (Å²) in [6, 6.07) is 18.8. The van der Waals surface area contributed by atoms with Crippen molar-refractivity contribution in [3.63, 3.8) is 0 Å². The Morgan fingerprint density at radius 1 is 0.762 bits per heavy atom. The van der Waals surface area contributed by atoms with Gasteiger partial charge in [0.2, 0.25) is 0 Å². The monoisotopic (exact) mass is 580 g/mol. The molecule has 2 aliphatic heterocycles. The fraction of sp³-hybridized carbons (Fsp3) is 0.500. The van der Waals surface area contributed by atoms with Gasteiger partial charge >= 0.3 is 23.9 Å². The first-order valence-electron chi connectivity index (χ1n) is 14.6. The number of ether oxygens (including phenoxy) is 4. The third-order valence-electron chi connectivity index (χ3n) is 7.92. The largest absolute Gasteiger partial charge is 0.466 e. The van der Waals surface area contributed by atoms with Crippen LogP contribution in [0.4, 0.5) is 0 Å². The molecular weight excluding hydrogens is 540 g/mol. The average molecular weight is 581 g/mol. The summed E-state index contributed by atoms with van der Waals surface area (Å²) in [6.07, 6.45) is -1.29. The first kappa shape index (κ1) is 31.2. The summed E-state index contributed by atoms with van der Waals surface area (Å²) in [4.78, 5) is 59.3. The molecule has 2 fully saturated rings. The zero-order valence-corrected chi connectivity index (χ0v) is 24.7. The van der Waals surface area contributed by atoms with Gasteiger partial charge in [-0.05, 0) is 38.8 Å². The molecule has 10 nitrogen and oxygen atoms in total. The maximum atomic E-state index is 14.3. The third-order valence-corrected chi connectivity index (χ3v) is 7.92. The number of hydrogen-bond acceptors (Lipinski definition) is 10. The van der Waals surface area contributed by atoms with Crippen molar-refractivity contribution in [1.29, 1.82) is 0 Å². The smallest absolute Gasteiger partial charge is 0.328 e. The van der Waals surface area contributed by atoms with Gasteiger partial charge in [-0.25, -0.2) is 4.79 Å². The van der Waals surface area contributed by atoms with Gasteiger partial charge in [0.25, 0.3) is 0 Å². The van der Waals surface area contributed by atoms with Crippen molar-refractivity contribution in [1.82, 2.24) is 9.80 Å². The van der Waals surface area contributed by atoms with Gasteiger partial charge in [-0.1, -0.05) is 60.7 Å². The summed E-state index contributed by atoms with van der Waals surface area (Å²) >= 11 is 0. The number of nitrogens with zero attached hydrogens (tertiary/aromatic N) is 2. The molecule has 2 aromatic rings. The van der Waals surface area contributed by atoms with Gasteiger partial charge < -0.3 is 18.9 Å². The van der Waals surface area contributed by atoms with Gasteiger partial charge in [-0.15, -0.1) is 0 Å². The second-order valence-corrected chi connectivity index (χ2v) is 10.3. The molecular formula is C32H40N2O8. The van der Waals surface area contributed by atoms with Crippen LogP contribution in [0.3, 0.4) is 0 Å². The second kappa shape index (κ2) is 13.9. The van der Waals surface area contributed by atoms with Crippen LogP contribution in [-0.2, 0) is 44.7 Å². The Labute approximate surface area is 246 Å². The van der Waals surface area contributed by atoms with E-state index in [1.165, 1.54) is 0 Å². The molecule has 0 saturated carbocycles. The molecule has 226 valence electrons. The Morgan fingerprint density at radius 3 is 1.93 bits per heavy atom. The molecule has 0 amide bonds. The van der Waals surface area contributed by atoms with Crippen LogP contribution >= 0.6 is 0 Å². The van der Waals surface area contributed by atoms with Crippen LogP contribution in [0.2, 0.25) is 0 Å². The number of hydrogen-bond donors (Lipinski definition) is 0. The summed E-state index contributed by atoms with van der Waals surface area (Å²) < 4.78 is 22.0. The SMILES string of the molecule is CCOC(=O)C[C@]1(C(=O)OCC)[C@@H](C(=O)OCC)[C@H](C(=O)OCC)[C@@H]2N(Cc3ccccc3)C[C@@H](c3ccccc3)N21. The Bertz CT molecular complexity index is 1240. The predicted octanol–water partition coefficient (Wildman–Crippen LogP) is 3.50. The standard InChI is InChI=1S/C32H40N2O8/c1-5-39-25(35)19-32(31(38)42-8-4)27(30(37)41-7-3)26(29(36)40-6-2)28-33(20-22-15-11-9-12-16-22)21-24(34(28)32)23-17-13-10-14-18-23/h9-18,24,26-28H,5-8,19-21H2,1-4H3/t24-,26-,27+,28+,32+/m0/s1. The van der Waals surface area contributed by atoms with E-state index >= 15 is 0 Å². The van der Waals surface area contributed by atoms with Gasteiger partial charge in [-0.3, -0.25) is 24.2 Å². The quantitative estimate of drug-likeness (QED) is 0.273. The number of carbonyl (C=O) groups excluding carboxylic acids is 4. The van der Waals surface area contributed by atoms with E-state index in [0.717, 1.165) is 11.1 Å². The molecule has 42 heavy (non-hydrogen) atoms. The van der Waals surface area contributed by atoms with E-state index < -0.39 is 59.9 Å². The molecule has 10 heteroatoms. The lowest BCUT2D eigenvalue weighted by Crippen LogP contribution is -2.60. The normalized spacial score (nSPS) is 25.4. The first-order valence-corrected chi connectivity index (χ1v) is 14.6. The minimum atomic E-state index is -1.90. The summed E-state index contributed by atoms with van der Waals surface area (Å²) in [7, 11) is 0. The number of esters is 4. The van der Waals surface area contributed by atoms with Crippen LogP contribution in [0, 0.1) is 11.8 Å². The highest BCUT2D eigenvalue weighted by atomic mass is 16.6. The van der Waals surface area contributed by atoms with E-state index in [2.05, 4.69) is 4.90 Å². The fourth-order valence-corrected chi connectivity index (χ4v) is 6.50. The molecule has 0 spiro atoms. The van der Waals surface area contributed by atoms with Crippen molar-refractivity contribution in [2.24, 2.45) is 11.8 Å². The highest BCUT2D eigenvalue weighted by Crippen LogP contribution is 2.56. The number of rotatable bonds is 12. The number of carbonyl (C=O) groups is 4. The second-order valence-electron chi connectivity index (χ2n) is 10.3. The van der Waals surface area contributed by atoms with Crippen LogP contribution < -0.4 is 0 Å². The van der Waals surface area contributed by atoms with Crippen LogP contribution in [0.5, 0.6) is 0 Å². The topological polar surface area (TPSA) is 112 Å². The van der Waals surface area contributed by atoms with E-state index in [1.54, 1.807) is 27.7 Å². The Balaban J connectivity index is 2.01. The van der Waals surface area contributed by atoms with Crippen molar-refractivity contribution in [3.8, 4) is 0 Å². The van der Waals surface area contributed by atoms with Gasteiger partial charge in [0.15, 0.2) is 0 Å². The predicted molar refractivity (Wildman–Crippen MR) is 153 cm³/mol. The summed E-state index contributed by atoms with van der Waals surface area (Å²) in [6.45, 7) is 7.68. The molecule has 0 N–H and O–H groups in total. The van der Waals surface area contributed by atoms with Crippen molar-refractivity contribution in [2.45, 2.75) is 58.4 Å². The van der Waals surface area contributed by atoms with Crippen molar-refractivity contribution in [3.05, 3.63) is 71.8 Å². The highest BCUT2D eigenvalue weighted by molar-refractivity contribution is 5.97. The Kier molecular flexibility index (Phi) is 10.3. The van der Waals surface area contributed by atoms with Crippen LogP contribution in [0.15, 0.2) is 60.7 Å². The zero-order valence-electron chi connectivity index (χ0n) is 24.7. The Hall–Kier alpha value is -3.76. The summed E-state index contributed by atoms with van der Waals surface area (Å²) in [5, 5.41) is 0. The molecule has 0 unspecified atom stereocenters. The fourth-order valence-electron chi connectivity index (χ4n) is 6.50. The van der Waals surface area contributed by atoms with Crippen molar-refractivity contribution < 1.29 is 38.1 Å². The molecule has 2 aromatic carbocycles. The Morgan fingerprint density at radius 2 is 1.33 bits per heavy atom. The van der Waals surface area contributed by atoms with Gasteiger partial charge in [-0.2, -0.15) is 0 Å². The summed E-state index contributed by atoms with van der Waals surface area (Å²) in [5.41, 5.74) is -0.0501. The minimum absolute atomic E-state index is 0.00523. The van der Waals surface area contributed by atoms with Crippen molar-refractivity contribution in [2.75, 3.05) is 33.0 Å². The van der Waals surface area contributed by atoms with E-state index in [1.807, 2.05) is 65.6 Å². The maximum Gasteiger partial charge on any atom is 0.328 e. The molecule has 4 rings (SSSR count). The van der Waals surface area contributed by atoms with Gasteiger partial charge in [0.05, 0.1) is 45.1 Å². The maximum absolute atomic E-state index is 14.3. The van der Waals surface area contributed by atoms with Gasteiger partial charge in [0.1, 0.15) is 17.4 Å². The summed E-state index contributed by atoms with van der Waals surface area (Å²) in [5.74, 6) is -5.43. The van der Waals surface area contributed by atoms with E-state index in [-0.39, 0.29) is 26.4 Å². The average Bonchev–Trinajstić information content (AvgIpc) is 3.49.